The molecule has 4 nitrogen and oxygen atoms in total. The van der Waals surface area contributed by atoms with Gasteiger partial charge in [0.15, 0.2) is 0 Å². The zero-order valence-corrected chi connectivity index (χ0v) is 21.8. The summed E-state index contributed by atoms with van der Waals surface area (Å²) in [5.41, 5.74) is 1.22. The predicted octanol–water partition coefficient (Wildman–Crippen LogP) is 6.35. The van der Waals surface area contributed by atoms with Crippen molar-refractivity contribution in [1.82, 2.24) is 5.09 Å². The van der Waals surface area contributed by atoms with Crippen LogP contribution in [0, 0.1) is 0 Å². The first-order chi connectivity index (χ1) is 14.7. The van der Waals surface area contributed by atoms with E-state index in [0.717, 1.165) is 17.0 Å². The van der Waals surface area contributed by atoms with Crippen molar-refractivity contribution in [2.24, 2.45) is 0 Å². The normalized spacial score (nSPS) is 14.1. The molecule has 0 fully saturated rings. The fourth-order valence-corrected chi connectivity index (χ4v) is 10.2. The zero-order valence-electron chi connectivity index (χ0n) is 19.2. The first kappa shape index (κ1) is 26.2. The fraction of sp³-hybridized carbons (Fsp3) is 0.417. The third-order valence-corrected chi connectivity index (χ3v) is 12.3. The molecule has 0 aliphatic heterocycles. The van der Waals surface area contributed by atoms with Crippen molar-refractivity contribution < 1.29 is 13.6 Å². The van der Waals surface area contributed by atoms with E-state index in [-0.39, 0.29) is 0 Å². The smallest absolute Gasteiger partial charge is 0.308 e. The van der Waals surface area contributed by atoms with E-state index in [2.05, 4.69) is 25.0 Å². The van der Waals surface area contributed by atoms with Crippen LogP contribution in [0.15, 0.2) is 72.3 Å². The molecule has 31 heavy (non-hydrogen) atoms. The molecule has 0 saturated heterocycles. The van der Waals surface area contributed by atoms with Crippen LogP contribution in [0.5, 0.6) is 0 Å². The van der Waals surface area contributed by atoms with Crippen LogP contribution >= 0.6 is 13.8 Å². The average molecular weight is 480 g/mol. The van der Waals surface area contributed by atoms with Gasteiger partial charge in [-0.05, 0) is 47.5 Å². The van der Waals surface area contributed by atoms with Crippen LogP contribution in [0.1, 0.15) is 47.5 Å². The second-order valence-corrected chi connectivity index (χ2v) is 14.4. The van der Waals surface area contributed by atoms with Gasteiger partial charge in [0.25, 0.3) is 0 Å². The number of rotatable bonds is 12. The summed E-state index contributed by atoms with van der Waals surface area (Å²) in [7, 11) is -3.52. The van der Waals surface area contributed by atoms with Crippen LogP contribution in [0.25, 0.3) is 0 Å². The Hall–Kier alpha value is -1.06. The van der Waals surface area contributed by atoms with E-state index in [0.29, 0.717) is 19.6 Å². The number of allylic oxidation sites excluding steroid dienone is 2. The van der Waals surface area contributed by atoms with Crippen molar-refractivity contribution in [3.05, 3.63) is 72.3 Å². The van der Waals surface area contributed by atoms with Crippen molar-refractivity contribution in [3.63, 3.8) is 0 Å². The summed E-state index contributed by atoms with van der Waals surface area (Å²) in [5.74, 6) is 0. The molecule has 0 spiro atoms. The highest BCUT2D eigenvalue weighted by Crippen LogP contribution is 2.63. The molecule has 2 aromatic carbocycles. The van der Waals surface area contributed by atoms with Gasteiger partial charge in [0.05, 0.1) is 19.4 Å². The molecule has 1 N–H and O–H groups in total. The SMILES string of the molecule is CCOP(=O)(OCC)[C@](C)(CCC=C(C)C)NP(=S)(c1ccccc1)c1ccccc1. The minimum atomic E-state index is -3.52. The van der Waals surface area contributed by atoms with Gasteiger partial charge in [-0.15, -0.1) is 0 Å². The molecule has 0 unspecified atom stereocenters. The molecule has 0 bridgehead atoms. The lowest BCUT2D eigenvalue weighted by molar-refractivity contribution is 0.193. The molecule has 0 amide bonds. The Morgan fingerprint density at radius 2 is 1.42 bits per heavy atom. The Kier molecular flexibility index (Phi) is 9.89. The number of hydrogen-bond donors (Lipinski definition) is 1. The summed E-state index contributed by atoms with van der Waals surface area (Å²) in [5, 5.41) is 4.79. The van der Waals surface area contributed by atoms with Gasteiger partial charge in [0, 0.05) is 10.6 Å². The number of hydrogen-bond acceptors (Lipinski definition) is 4. The minimum absolute atomic E-state index is 0.302. The molecule has 2 aromatic rings. The zero-order chi connectivity index (χ0) is 23.0. The lowest BCUT2D eigenvalue weighted by Crippen LogP contribution is -2.45. The second-order valence-electron chi connectivity index (χ2n) is 7.82. The summed E-state index contributed by atoms with van der Waals surface area (Å²) in [4.78, 5) is 0. The molecular weight excluding hydrogens is 444 g/mol. The maximum Gasteiger partial charge on any atom is 0.350 e. The predicted molar refractivity (Wildman–Crippen MR) is 138 cm³/mol. The number of benzene rings is 2. The third-order valence-electron chi connectivity index (χ3n) is 5.02. The number of nitrogens with one attached hydrogen (secondary N) is 1. The Labute approximate surface area is 193 Å². The standard InChI is InChI=1S/C24H35NO3P2S/c1-6-27-30(26,28-7-2)24(5,20-14-15-21(3)4)25-29(31,22-16-10-8-11-17-22)23-18-12-9-13-19-23/h8-13,15-19H,6-7,14,20H2,1-5H3,(H,25,31)/t24-/m1/s1. The van der Waals surface area contributed by atoms with E-state index < -0.39 is 19.1 Å². The van der Waals surface area contributed by atoms with Crippen molar-refractivity contribution >= 4 is 36.2 Å². The van der Waals surface area contributed by atoms with Gasteiger partial charge >= 0.3 is 7.60 Å². The largest absolute Gasteiger partial charge is 0.350 e. The molecule has 7 heteroatoms. The summed E-state index contributed by atoms with van der Waals surface area (Å²) < 4.78 is 25.8. The quantitative estimate of drug-likeness (QED) is 0.284. The Bertz CT molecular complexity index is 892. The van der Waals surface area contributed by atoms with Crippen molar-refractivity contribution in [2.45, 2.75) is 52.7 Å². The molecule has 1 atom stereocenters. The topological polar surface area (TPSA) is 47.6 Å². The van der Waals surface area contributed by atoms with E-state index >= 15 is 0 Å². The maximum atomic E-state index is 14.1. The summed E-state index contributed by atoms with van der Waals surface area (Å²) >= 11 is 6.37. The highest BCUT2D eigenvalue weighted by atomic mass is 32.4. The average Bonchev–Trinajstić information content (AvgIpc) is 2.75. The molecular formula is C24H35NO3P2S. The first-order valence-corrected chi connectivity index (χ1v) is 15.1. The fourth-order valence-electron chi connectivity index (χ4n) is 3.45. The van der Waals surface area contributed by atoms with Crippen LogP contribution in [-0.2, 0) is 25.4 Å². The lowest BCUT2D eigenvalue weighted by Gasteiger charge is -2.41. The molecule has 0 heterocycles. The lowest BCUT2D eigenvalue weighted by atomic mass is 10.1. The molecule has 0 saturated carbocycles. The van der Waals surface area contributed by atoms with Crippen molar-refractivity contribution in [2.75, 3.05) is 13.2 Å². The van der Waals surface area contributed by atoms with Crippen molar-refractivity contribution in [1.29, 1.82) is 0 Å². The molecule has 2 rings (SSSR count). The summed E-state index contributed by atoms with van der Waals surface area (Å²) in [6, 6.07) is 20.1. The molecule has 0 aliphatic rings. The third kappa shape index (κ3) is 6.48. The van der Waals surface area contributed by atoms with Gasteiger partial charge in [0.2, 0.25) is 0 Å². The monoisotopic (exact) mass is 479 g/mol. The summed E-state index contributed by atoms with van der Waals surface area (Å²) in [6.07, 6.45) is 0.948. The van der Waals surface area contributed by atoms with Crippen LogP contribution < -0.4 is 15.7 Å². The van der Waals surface area contributed by atoms with Crippen LogP contribution in [0.3, 0.4) is 0 Å². The van der Waals surface area contributed by atoms with E-state index in [9.17, 15) is 4.57 Å². The van der Waals surface area contributed by atoms with Gasteiger partial charge < -0.3 is 9.05 Å². The Balaban J connectivity index is 2.63. The highest BCUT2D eigenvalue weighted by molar-refractivity contribution is 8.21. The van der Waals surface area contributed by atoms with Crippen LogP contribution in [0.4, 0.5) is 0 Å². The van der Waals surface area contributed by atoms with E-state index in [1.54, 1.807) is 0 Å². The second kappa shape index (κ2) is 11.7. The first-order valence-electron chi connectivity index (χ1n) is 10.7. The van der Waals surface area contributed by atoms with Gasteiger partial charge in [-0.25, -0.2) is 0 Å². The van der Waals surface area contributed by atoms with Gasteiger partial charge in [-0.3, -0.25) is 9.65 Å². The molecule has 170 valence electrons. The Morgan fingerprint density at radius 1 is 0.968 bits per heavy atom. The van der Waals surface area contributed by atoms with E-state index in [1.165, 1.54) is 5.57 Å². The van der Waals surface area contributed by atoms with E-state index in [4.69, 9.17) is 20.9 Å². The maximum absolute atomic E-state index is 14.1. The molecule has 0 radical (unpaired) electrons. The van der Waals surface area contributed by atoms with Gasteiger partial charge in [-0.2, -0.15) is 0 Å². The van der Waals surface area contributed by atoms with E-state index in [1.807, 2.05) is 81.4 Å². The van der Waals surface area contributed by atoms with Gasteiger partial charge in [0.1, 0.15) is 5.28 Å². The van der Waals surface area contributed by atoms with Crippen LogP contribution in [0.2, 0.25) is 0 Å². The minimum Gasteiger partial charge on any atom is -0.308 e. The summed E-state index contributed by atoms with van der Waals surface area (Å²) in [6.45, 7) is 10.3. The van der Waals surface area contributed by atoms with Crippen molar-refractivity contribution in [3.8, 4) is 0 Å². The van der Waals surface area contributed by atoms with Crippen LogP contribution in [-0.4, -0.2) is 18.5 Å². The highest BCUT2D eigenvalue weighted by Gasteiger charge is 2.49. The van der Waals surface area contributed by atoms with Gasteiger partial charge in [-0.1, -0.05) is 84.1 Å². The Morgan fingerprint density at radius 3 is 1.81 bits per heavy atom. The molecule has 0 aromatic heterocycles. The molecule has 0 aliphatic carbocycles.